The van der Waals surface area contributed by atoms with E-state index in [2.05, 4.69) is 24.1 Å². The Morgan fingerprint density at radius 3 is 2.69 bits per heavy atom. The molecule has 3 N–H and O–H groups in total. The molecule has 2 heterocycles. The van der Waals surface area contributed by atoms with E-state index in [-0.39, 0.29) is 11.4 Å². The standard InChI is InChI=1S/C17H22N4O4S/c1-10(2)6-7-18-16-5-4-12-8-15(22)14(9-13(12)19-16)21-11(3)17(23)20-26(21,24)25/h4-5,8-11,22H,6-7H2,1-3H3,(H,18,19)(H,20,23). The van der Waals surface area contributed by atoms with Crippen LogP contribution in [0.25, 0.3) is 10.9 Å². The molecule has 1 aliphatic heterocycles. The molecule has 1 atom stereocenters. The third kappa shape index (κ3) is 3.39. The molecule has 1 saturated heterocycles. The number of benzene rings is 1. The summed E-state index contributed by atoms with van der Waals surface area (Å²) < 4.78 is 27.2. The fourth-order valence-electron chi connectivity index (χ4n) is 2.83. The van der Waals surface area contributed by atoms with Crippen molar-refractivity contribution in [2.45, 2.75) is 33.2 Å². The van der Waals surface area contributed by atoms with E-state index in [1.54, 1.807) is 6.07 Å². The summed E-state index contributed by atoms with van der Waals surface area (Å²) in [5.41, 5.74) is 0.546. The molecule has 26 heavy (non-hydrogen) atoms. The van der Waals surface area contributed by atoms with Crippen LogP contribution in [0.4, 0.5) is 11.5 Å². The van der Waals surface area contributed by atoms with Gasteiger partial charge >= 0.3 is 10.2 Å². The van der Waals surface area contributed by atoms with Gasteiger partial charge in [-0.05, 0) is 43.5 Å². The normalized spacial score (nSPS) is 19.2. The van der Waals surface area contributed by atoms with E-state index in [1.165, 1.54) is 19.1 Å². The third-order valence-electron chi connectivity index (χ3n) is 4.27. The summed E-state index contributed by atoms with van der Waals surface area (Å²) in [5, 5.41) is 14.2. The molecule has 1 aromatic heterocycles. The monoisotopic (exact) mass is 378 g/mol. The Labute approximate surface area is 152 Å². The number of nitrogens with zero attached hydrogens (tertiary/aromatic N) is 2. The van der Waals surface area contributed by atoms with Crippen LogP contribution in [0.2, 0.25) is 0 Å². The predicted octanol–water partition coefficient (Wildman–Crippen LogP) is 1.97. The van der Waals surface area contributed by atoms with Crippen molar-refractivity contribution in [2.24, 2.45) is 5.92 Å². The maximum Gasteiger partial charge on any atom is 0.327 e. The number of nitrogens with one attached hydrogen (secondary N) is 2. The molecule has 1 aliphatic rings. The van der Waals surface area contributed by atoms with Crippen molar-refractivity contribution in [1.82, 2.24) is 9.71 Å². The number of hydrogen-bond donors (Lipinski definition) is 3. The predicted molar refractivity (Wildman–Crippen MR) is 100 cm³/mol. The summed E-state index contributed by atoms with van der Waals surface area (Å²) >= 11 is 0. The van der Waals surface area contributed by atoms with Crippen LogP contribution in [0.1, 0.15) is 27.2 Å². The zero-order chi connectivity index (χ0) is 19.1. The third-order valence-corrected chi connectivity index (χ3v) is 5.76. The van der Waals surface area contributed by atoms with Gasteiger partial charge in [-0.1, -0.05) is 13.8 Å². The summed E-state index contributed by atoms with van der Waals surface area (Å²) in [6.45, 7) is 6.51. The van der Waals surface area contributed by atoms with E-state index in [0.29, 0.717) is 22.6 Å². The van der Waals surface area contributed by atoms with Gasteiger partial charge in [-0.3, -0.25) is 4.79 Å². The topological polar surface area (TPSA) is 112 Å². The van der Waals surface area contributed by atoms with E-state index in [4.69, 9.17) is 0 Å². The summed E-state index contributed by atoms with van der Waals surface area (Å²) in [4.78, 5) is 16.2. The molecule has 0 aliphatic carbocycles. The number of hydrogen-bond acceptors (Lipinski definition) is 6. The second-order valence-electron chi connectivity index (χ2n) is 6.78. The van der Waals surface area contributed by atoms with Crippen molar-refractivity contribution >= 4 is 38.5 Å². The molecule has 1 amide bonds. The number of aromatic hydroxyl groups is 1. The van der Waals surface area contributed by atoms with Crippen molar-refractivity contribution in [3.8, 4) is 5.75 Å². The number of rotatable bonds is 5. The molecule has 2 aromatic rings. The quantitative estimate of drug-likeness (QED) is 0.733. The van der Waals surface area contributed by atoms with Crippen LogP contribution >= 0.6 is 0 Å². The number of phenolic OH excluding ortho intramolecular Hbond substituents is 1. The van der Waals surface area contributed by atoms with Crippen LogP contribution in [-0.2, 0) is 15.0 Å². The van der Waals surface area contributed by atoms with E-state index >= 15 is 0 Å². The highest BCUT2D eigenvalue weighted by atomic mass is 32.2. The number of fused-ring (bicyclic) bond motifs is 1. The Hall–Kier alpha value is -2.55. The Kier molecular flexibility index (Phi) is 4.66. The lowest BCUT2D eigenvalue weighted by Crippen LogP contribution is -2.33. The minimum Gasteiger partial charge on any atom is -0.506 e. The van der Waals surface area contributed by atoms with Crippen molar-refractivity contribution in [3.05, 3.63) is 24.3 Å². The Balaban J connectivity index is 1.99. The molecule has 1 unspecified atom stereocenters. The van der Waals surface area contributed by atoms with Gasteiger partial charge < -0.3 is 10.4 Å². The molecule has 3 rings (SSSR count). The Bertz CT molecular complexity index is 959. The zero-order valence-electron chi connectivity index (χ0n) is 14.9. The van der Waals surface area contributed by atoms with Crippen molar-refractivity contribution < 1.29 is 18.3 Å². The molecule has 1 fully saturated rings. The Morgan fingerprint density at radius 1 is 1.35 bits per heavy atom. The number of phenols is 1. The first-order valence-corrected chi connectivity index (χ1v) is 9.86. The zero-order valence-corrected chi connectivity index (χ0v) is 15.7. The van der Waals surface area contributed by atoms with Gasteiger partial charge in [-0.25, -0.2) is 14.0 Å². The number of carbonyl (C=O) groups is 1. The first kappa shape index (κ1) is 18.2. The number of carbonyl (C=O) groups excluding carboxylic acids is 1. The van der Waals surface area contributed by atoms with Gasteiger partial charge in [0.2, 0.25) is 0 Å². The number of pyridine rings is 1. The highest BCUT2D eigenvalue weighted by molar-refractivity contribution is 7.92. The van der Waals surface area contributed by atoms with Gasteiger partial charge in [-0.15, -0.1) is 0 Å². The summed E-state index contributed by atoms with van der Waals surface area (Å²) in [6.07, 6.45) is 0.998. The highest BCUT2D eigenvalue weighted by Crippen LogP contribution is 2.36. The largest absolute Gasteiger partial charge is 0.506 e. The molecule has 8 nitrogen and oxygen atoms in total. The maximum atomic E-state index is 12.2. The molecule has 9 heteroatoms. The lowest BCUT2D eigenvalue weighted by molar-refractivity contribution is -0.119. The summed E-state index contributed by atoms with van der Waals surface area (Å²) in [7, 11) is -4.03. The van der Waals surface area contributed by atoms with Crippen LogP contribution in [0, 0.1) is 5.92 Å². The molecular formula is C17H22N4O4S. The van der Waals surface area contributed by atoms with Crippen LogP contribution in [0.15, 0.2) is 24.3 Å². The van der Waals surface area contributed by atoms with Gasteiger partial charge in [-0.2, -0.15) is 8.42 Å². The van der Waals surface area contributed by atoms with Crippen LogP contribution in [0.3, 0.4) is 0 Å². The minimum atomic E-state index is -4.03. The number of anilines is 2. The van der Waals surface area contributed by atoms with Crippen LogP contribution < -0.4 is 14.3 Å². The fraction of sp³-hybridized carbons (Fsp3) is 0.412. The van der Waals surface area contributed by atoms with Gasteiger partial charge in [0.25, 0.3) is 5.91 Å². The number of aromatic nitrogens is 1. The second kappa shape index (κ2) is 6.64. The highest BCUT2D eigenvalue weighted by Gasteiger charge is 2.42. The molecule has 0 radical (unpaired) electrons. The molecule has 0 bridgehead atoms. The van der Waals surface area contributed by atoms with Gasteiger partial charge in [0, 0.05) is 11.9 Å². The van der Waals surface area contributed by atoms with Crippen molar-refractivity contribution in [2.75, 3.05) is 16.2 Å². The van der Waals surface area contributed by atoms with E-state index in [1.807, 2.05) is 10.8 Å². The van der Waals surface area contributed by atoms with Crippen LogP contribution in [-0.4, -0.2) is 37.0 Å². The maximum absolute atomic E-state index is 12.2. The van der Waals surface area contributed by atoms with E-state index < -0.39 is 22.2 Å². The molecule has 1 aromatic carbocycles. The molecule has 0 saturated carbocycles. The molecule has 0 spiro atoms. The van der Waals surface area contributed by atoms with Crippen molar-refractivity contribution in [1.29, 1.82) is 0 Å². The fourth-order valence-corrected chi connectivity index (χ4v) is 4.27. The lowest BCUT2D eigenvalue weighted by atomic mass is 10.1. The van der Waals surface area contributed by atoms with Crippen molar-refractivity contribution in [3.63, 3.8) is 0 Å². The summed E-state index contributed by atoms with van der Waals surface area (Å²) in [5.74, 6) is 0.369. The first-order valence-electron chi connectivity index (χ1n) is 8.42. The molecule has 140 valence electrons. The smallest absolute Gasteiger partial charge is 0.327 e. The lowest BCUT2D eigenvalue weighted by Gasteiger charge is -2.20. The summed E-state index contributed by atoms with van der Waals surface area (Å²) in [6, 6.07) is 5.58. The average Bonchev–Trinajstić information content (AvgIpc) is 2.74. The Morgan fingerprint density at radius 2 is 2.08 bits per heavy atom. The first-order chi connectivity index (χ1) is 12.2. The van der Waals surface area contributed by atoms with Gasteiger partial charge in [0.15, 0.2) is 0 Å². The van der Waals surface area contributed by atoms with Gasteiger partial charge in [0.05, 0.1) is 11.2 Å². The SMILES string of the molecule is CC(C)CCNc1ccc2cc(O)c(N3C(C)C(=O)NS3(=O)=O)cc2n1. The second-order valence-corrected chi connectivity index (χ2v) is 8.33. The minimum absolute atomic E-state index is 0.0233. The molecular weight excluding hydrogens is 356 g/mol. The van der Waals surface area contributed by atoms with Crippen LogP contribution in [0.5, 0.6) is 5.75 Å². The average molecular weight is 378 g/mol. The van der Waals surface area contributed by atoms with E-state index in [0.717, 1.165) is 17.3 Å². The van der Waals surface area contributed by atoms with Gasteiger partial charge in [0.1, 0.15) is 17.6 Å². The van der Waals surface area contributed by atoms with E-state index in [9.17, 15) is 18.3 Å². The number of amides is 1.